The standard InChI is InChI=1S/C13H24N2O3.C12H22N2O3/c1-6-10(3)15-12(17)14-8-9-18-11(16)13(4,5)7-2;1-5-9(3)11(15)17-8-7-13-12(16)14-10(4)6-2/h6-9H2,1-5H3,(H,14,17);9H,5-8H2,1-4H3,(H,13,16). The third-order valence-corrected chi connectivity index (χ3v) is 5.29. The van der Waals surface area contributed by atoms with Gasteiger partial charge in [0.15, 0.2) is 0 Å². The Morgan fingerprint density at radius 1 is 0.800 bits per heavy atom. The van der Waals surface area contributed by atoms with Gasteiger partial charge in [0.05, 0.1) is 24.4 Å². The minimum Gasteiger partial charge on any atom is -0.464 e. The number of hydrogen-bond donors (Lipinski definition) is 2. The van der Waals surface area contributed by atoms with E-state index in [4.69, 9.17) is 9.47 Å². The van der Waals surface area contributed by atoms with Crippen molar-refractivity contribution in [1.82, 2.24) is 10.6 Å². The van der Waals surface area contributed by atoms with Gasteiger partial charge < -0.3 is 20.1 Å². The molecule has 4 amide bonds. The maximum absolute atomic E-state index is 11.6. The molecule has 35 heavy (non-hydrogen) atoms. The predicted octanol–water partition coefficient (Wildman–Crippen LogP) is 4.70. The molecule has 0 aromatic carbocycles. The first kappa shape index (κ1) is 34.4. The quantitative estimate of drug-likeness (QED) is 0.227. The van der Waals surface area contributed by atoms with Crippen LogP contribution in [0.1, 0.15) is 88.0 Å². The Kier molecular flexibility index (Phi) is 19.2. The number of aliphatic imine (C=N–C) groups is 2. The molecule has 0 aromatic heterocycles. The molecule has 1 unspecified atom stereocenters. The van der Waals surface area contributed by atoms with E-state index in [-0.39, 0.29) is 49.7 Å². The lowest BCUT2D eigenvalue weighted by Crippen LogP contribution is -2.30. The third kappa shape index (κ3) is 18.2. The number of esters is 2. The van der Waals surface area contributed by atoms with Crippen LogP contribution in [0, 0.1) is 11.3 Å². The van der Waals surface area contributed by atoms with Gasteiger partial charge in [-0.05, 0) is 53.4 Å². The van der Waals surface area contributed by atoms with Crippen molar-refractivity contribution < 1.29 is 28.7 Å². The average molecular weight is 499 g/mol. The molecule has 2 N–H and O–H groups in total. The first-order valence-corrected chi connectivity index (χ1v) is 12.3. The number of carbonyl (C=O) groups is 4. The van der Waals surface area contributed by atoms with Crippen LogP contribution in [0.4, 0.5) is 9.59 Å². The van der Waals surface area contributed by atoms with Gasteiger partial charge in [0.25, 0.3) is 0 Å². The summed E-state index contributed by atoms with van der Waals surface area (Å²) in [5.74, 6) is -0.562. The monoisotopic (exact) mass is 498 g/mol. The van der Waals surface area contributed by atoms with Gasteiger partial charge in [-0.1, -0.05) is 34.6 Å². The van der Waals surface area contributed by atoms with Crippen molar-refractivity contribution in [2.75, 3.05) is 26.3 Å². The zero-order chi connectivity index (χ0) is 27.4. The highest BCUT2D eigenvalue weighted by molar-refractivity contribution is 5.94. The topological polar surface area (TPSA) is 136 Å². The second-order valence-electron chi connectivity index (χ2n) is 8.72. The zero-order valence-corrected chi connectivity index (χ0v) is 23.1. The maximum atomic E-state index is 11.6. The Balaban J connectivity index is 0. The number of urea groups is 2. The summed E-state index contributed by atoms with van der Waals surface area (Å²) in [5.41, 5.74) is 1.08. The molecule has 0 aromatic rings. The number of rotatable bonds is 12. The lowest BCUT2D eigenvalue weighted by atomic mass is 9.91. The van der Waals surface area contributed by atoms with Gasteiger partial charge in [-0.2, -0.15) is 0 Å². The fraction of sp³-hybridized carbons (Fsp3) is 0.760. The molecular formula is C25H46N4O6. The van der Waals surface area contributed by atoms with Crippen LogP contribution in [0.2, 0.25) is 0 Å². The summed E-state index contributed by atoms with van der Waals surface area (Å²) >= 11 is 0. The van der Waals surface area contributed by atoms with E-state index in [0.29, 0.717) is 6.54 Å². The van der Waals surface area contributed by atoms with Crippen LogP contribution < -0.4 is 10.6 Å². The first-order chi connectivity index (χ1) is 16.3. The van der Waals surface area contributed by atoms with E-state index in [9.17, 15) is 19.2 Å². The Labute approximate surface area is 210 Å². The van der Waals surface area contributed by atoms with Crippen LogP contribution in [0.15, 0.2) is 9.98 Å². The second kappa shape index (κ2) is 19.5. The minimum atomic E-state index is -0.471. The van der Waals surface area contributed by atoms with Gasteiger partial charge >= 0.3 is 24.0 Å². The molecule has 0 aliphatic heterocycles. The smallest absolute Gasteiger partial charge is 0.340 e. The number of carbonyl (C=O) groups excluding carboxylic acids is 4. The lowest BCUT2D eigenvalue weighted by Gasteiger charge is -2.20. The highest BCUT2D eigenvalue weighted by Gasteiger charge is 2.26. The fourth-order valence-corrected chi connectivity index (χ4v) is 1.84. The summed E-state index contributed by atoms with van der Waals surface area (Å²) in [6.45, 7) is 17.7. The fourth-order valence-electron chi connectivity index (χ4n) is 1.84. The van der Waals surface area contributed by atoms with E-state index < -0.39 is 5.41 Å². The van der Waals surface area contributed by atoms with Gasteiger partial charge in [-0.15, -0.1) is 0 Å². The van der Waals surface area contributed by atoms with Crippen LogP contribution >= 0.6 is 0 Å². The molecule has 0 saturated carbocycles. The molecule has 0 spiro atoms. The van der Waals surface area contributed by atoms with Crippen LogP contribution in [-0.4, -0.2) is 61.7 Å². The summed E-state index contributed by atoms with van der Waals surface area (Å²) in [6, 6.07) is -0.774. The van der Waals surface area contributed by atoms with Crippen molar-refractivity contribution in [2.24, 2.45) is 21.3 Å². The molecule has 0 bridgehead atoms. The number of nitrogens with one attached hydrogen (secondary N) is 2. The largest absolute Gasteiger partial charge is 0.464 e. The summed E-state index contributed by atoms with van der Waals surface area (Å²) in [4.78, 5) is 53.0. The van der Waals surface area contributed by atoms with Crippen molar-refractivity contribution in [1.29, 1.82) is 0 Å². The minimum absolute atomic E-state index is 0.0916. The number of amides is 4. The van der Waals surface area contributed by atoms with Crippen LogP contribution in [0.25, 0.3) is 0 Å². The van der Waals surface area contributed by atoms with E-state index in [2.05, 4.69) is 20.6 Å². The SMILES string of the molecule is CCC(C)=NC(=O)NCCOC(=O)C(C)(C)CC.CCC(C)=NC(=O)NCCOC(=O)C(C)CC. The molecule has 10 nitrogen and oxygen atoms in total. The molecular weight excluding hydrogens is 452 g/mol. The number of hydrogen-bond acceptors (Lipinski definition) is 6. The van der Waals surface area contributed by atoms with Crippen molar-refractivity contribution in [3.05, 3.63) is 0 Å². The Bertz CT molecular complexity index is 731. The molecule has 0 rings (SSSR count). The van der Waals surface area contributed by atoms with E-state index in [1.54, 1.807) is 13.8 Å². The molecule has 10 heteroatoms. The molecule has 0 fully saturated rings. The zero-order valence-electron chi connectivity index (χ0n) is 23.1. The van der Waals surface area contributed by atoms with Crippen molar-refractivity contribution in [3.63, 3.8) is 0 Å². The van der Waals surface area contributed by atoms with Gasteiger partial charge in [-0.3, -0.25) is 9.59 Å². The second-order valence-corrected chi connectivity index (χ2v) is 8.72. The van der Waals surface area contributed by atoms with E-state index in [0.717, 1.165) is 37.1 Å². The molecule has 202 valence electrons. The average Bonchev–Trinajstić information content (AvgIpc) is 2.83. The summed E-state index contributed by atoms with van der Waals surface area (Å²) in [6.07, 6.45) is 2.97. The first-order valence-electron chi connectivity index (χ1n) is 12.3. The van der Waals surface area contributed by atoms with Gasteiger partial charge in [0.2, 0.25) is 0 Å². The normalized spacial score (nSPS) is 12.6. The van der Waals surface area contributed by atoms with Gasteiger partial charge in [0, 0.05) is 11.4 Å². The molecule has 1 atom stereocenters. The van der Waals surface area contributed by atoms with E-state index >= 15 is 0 Å². The Morgan fingerprint density at radius 3 is 1.60 bits per heavy atom. The van der Waals surface area contributed by atoms with Crippen molar-refractivity contribution in [3.8, 4) is 0 Å². The predicted molar refractivity (Wildman–Crippen MR) is 139 cm³/mol. The van der Waals surface area contributed by atoms with Crippen LogP contribution in [-0.2, 0) is 19.1 Å². The summed E-state index contributed by atoms with van der Waals surface area (Å²) in [5, 5.41) is 5.13. The summed E-state index contributed by atoms with van der Waals surface area (Å²) < 4.78 is 10.1. The molecule has 0 aliphatic carbocycles. The highest BCUT2D eigenvalue weighted by Crippen LogP contribution is 2.21. The Hall–Kier alpha value is -2.78. The van der Waals surface area contributed by atoms with Gasteiger partial charge in [-0.25, -0.2) is 19.6 Å². The van der Waals surface area contributed by atoms with Crippen molar-refractivity contribution in [2.45, 2.75) is 88.0 Å². The third-order valence-electron chi connectivity index (χ3n) is 5.29. The molecule has 0 heterocycles. The number of nitrogens with zero attached hydrogens (tertiary/aromatic N) is 2. The van der Waals surface area contributed by atoms with E-state index in [1.165, 1.54) is 0 Å². The lowest BCUT2D eigenvalue weighted by molar-refractivity contribution is -0.154. The maximum Gasteiger partial charge on any atom is 0.340 e. The molecule has 0 saturated heterocycles. The van der Waals surface area contributed by atoms with Crippen molar-refractivity contribution >= 4 is 35.4 Å². The van der Waals surface area contributed by atoms with E-state index in [1.807, 2.05) is 48.5 Å². The van der Waals surface area contributed by atoms with Crippen LogP contribution in [0.3, 0.4) is 0 Å². The molecule has 0 aliphatic rings. The molecule has 0 radical (unpaired) electrons. The highest BCUT2D eigenvalue weighted by atomic mass is 16.5. The van der Waals surface area contributed by atoms with Gasteiger partial charge in [0.1, 0.15) is 13.2 Å². The Morgan fingerprint density at radius 2 is 1.23 bits per heavy atom. The van der Waals surface area contributed by atoms with Crippen LogP contribution in [0.5, 0.6) is 0 Å². The number of ether oxygens (including phenoxy) is 2. The summed E-state index contributed by atoms with van der Waals surface area (Å²) in [7, 11) is 0.